The second kappa shape index (κ2) is 7.00. The van der Waals surface area contributed by atoms with Gasteiger partial charge in [-0.2, -0.15) is 6.41 Å². The Balaban J connectivity index is 0.00000162. The van der Waals surface area contributed by atoms with Crippen LogP contribution in [-0.4, -0.2) is 35.5 Å². The minimum atomic E-state index is -0.898. The van der Waals surface area contributed by atoms with Gasteiger partial charge in [-0.05, 0) is 49.5 Å². The van der Waals surface area contributed by atoms with Gasteiger partial charge in [0, 0.05) is 32.7 Å². The van der Waals surface area contributed by atoms with E-state index < -0.39 is 5.97 Å². The van der Waals surface area contributed by atoms with Gasteiger partial charge < -0.3 is 14.8 Å². The van der Waals surface area contributed by atoms with Crippen LogP contribution in [0.5, 0.6) is 0 Å². The minimum absolute atomic E-state index is 0. The molecule has 1 aliphatic rings. The molecule has 18 heavy (non-hydrogen) atoms. The van der Waals surface area contributed by atoms with Crippen molar-refractivity contribution in [1.29, 1.82) is 0 Å². The number of aromatic carboxylic acids is 1. The largest absolute Gasteiger partial charge is 0.520 e. The number of nitrogens with zero attached hydrogens (tertiary/aromatic N) is 1. The van der Waals surface area contributed by atoms with Gasteiger partial charge in [-0.25, -0.2) is 4.79 Å². The first-order valence-corrected chi connectivity index (χ1v) is 5.66. The van der Waals surface area contributed by atoms with E-state index in [4.69, 9.17) is 5.11 Å². The number of carbonyl (C=O) groups is 1. The monoisotopic (exact) mass is 321 g/mol. The number of carbonyl (C=O) groups excluding carboxylic acids is 1. The molecular formula is C13H14NO3Y-. The molecule has 1 radical (unpaired) electrons. The SMILES string of the molecule is O=[C-]N1CCC(c2cccc(C(=O)O)c2)CC1.[Y]. The van der Waals surface area contributed by atoms with Crippen LogP contribution in [0.4, 0.5) is 0 Å². The summed E-state index contributed by atoms with van der Waals surface area (Å²) in [5, 5.41) is 8.93. The smallest absolute Gasteiger partial charge is 0.335 e. The zero-order valence-electron chi connectivity index (χ0n) is 10.0. The summed E-state index contributed by atoms with van der Waals surface area (Å²) in [5.41, 5.74) is 1.38. The van der Waals surface area contributed by atoms with Gasteiger partial charge in [-0.3, -0.25) is 0 Å². The second-order valence-corrected chi connectivity index (χ2v) is 4.28. The van der Waals surface area contributed by atoms with E-state index in [9.17, 15) is 9.59 Å². The van der Waals surface area contributed by atoms with Gasteiger partial charge >= 0.3 is 5.97 Å². The van der Waals surface area contributed by atoms with Gasteiger partial charge in [0.1, 0.15) is 0 Å². The summed E-state index contributed by atoms with van der Waals surface area (Å²) in [4.78, 5) is 23.0. The molecule has 0 saturated carbocycles. The standard InChI is InChI=1S/C13H14NO3.Y/c15-9-14-6-4-10(5-7-14)11-2-1-3-12(8-11)13(16)17;/h1-3,8,10H,4-7H2,(H,16,17);/q-1;. The molecule has 1 amide bonds. The number of likely N-dealkylation sites (tertiary alicyclic amines) is 1. The van der Waals surface area contributed by atoms with Crippen LogP contribution in [0.1, 0.15) is 34.7 Å². The molecule has 2 rings (SSSR count). The Morgan fingerprint density at radius 3 is 2.56 bits per heavy atom. The van der Waals surface area contributed by atoms with Crippen LogP contribution in [0.25, 0.3) is 0 Å². The van der Waals surface area contributed by atoms with Crippen LogP contribution < -0.4 is 0 Å². The van der Waals surface area contributed by atoms with Gasteiger partial charge in [0.25, 0.3) is 0 Å². The summed E-state index contributed by atoms with van der Waals surface area (Å²) in [7, 11) is 0. The zero-order valence-corrected chi connectivity index (χ0v) is 12.8. The number of rotatable bonds is 3. The molecule has 0 aromatic heterocycles. The number of carboxylic acids is 1. The maximum Gasteiger partial charge on any atom is 0.335 e. The number of piperidine rings is 1. The van der Waals surface area contributed by atoms with Crippen molar-refractivity contribution in [3.63, 3.8) is 0 Å². The first-order chi connectivity index (χ1) is 8.20. The molecule has 0 unspecified atom stereocenters. The van der Waals surface area contributed by atoms with E-state index in [1.807, 2.05) is 12.5 Å². The molecule has 5 heteroatoms. The Morgan fingerprint density at radius 2 is 2.00 bits per heavy atom. The predicted octanol–water partition coefficient (Wildman–Crippen LogP) is 1.63. The molecule has 1 aliphatic heterocycles. The second-order valence-electron chi connectivity index (χ2n) is 4.28. The third kappa shape index (κ3) is 3.63. The quantitative estimate of drug-likeness (QED) is 0.861. The van der Waals surface area contributed by atoms with Crippen molar-refractivity contribution >= 4 is 12.4 Å². The van der Waals surface area contributed by atoms with Crippen molar-refractivity contribution in [1.82, 2.24) is 4.90 Å². The molecule has 4 nitrogen and oxygen atoms in total. The summed E-state index contributed by atoms with van der Waals surface area (Å²) >= 11 is 0. The summed E-state index contributed by atoms with van der Waals surface area (Å²) in [6.07, 6.45) is 3.64. The fraction of sp³-hybridized carbons (Fsp3) is 0.385. The Bertz CT molecular complexity index is 428. The predicted molar refractivity (Wildman–Crippen MR) is 62.6 cm³/mol. The van der Waals surface area contributed by atoms with E-state index >= 15 is 0 Å². The summed E-state index contributed by atoms with van der Waals surface area (Å²) in [6.45, 7) is 1.40. The van der Waals surface area contributed by atoms with Crippen molar-refractivity contribution in [2.75, 3.05) is 13.1 Å². The first kappa shape index (κ1) is 15.3. The molecule has 1 aromatic carbocycles. The van der Waals surface area contributed by atoms with Gasteiger partial charge in [0.2, 0.25) is 0 Å². The normalized spacial score (nSPS) is 15.9. The average Bonchev–Trinajstić information content (AvgIpc) is 2.39. The summed E-state index contributed by atoms with van der Waals surface area (Å²) < 4.78 is 0. The third-order valence-electron chi connectivity index (χ3n) is 3.23. The Labute approximate surface area is 131 Å². The topological polar surface area (TPSA) is 57.6 Å². The summed E-state index contributed by atoms with van der Waals surface area (Å²) in [5.74, 6) is -0.551. The van der Waals surface area contributed by atoms with Crippen molar-refractivity contribution in [3.05, 3.63) is 35.4 Å². The van der Waals surface area contributed by atoms with Crippen LogP contribution in [0.15, 0.2) is 24.3 Å². The van der Waals surface area contributed by atoms with Gasteiger partial charge in [-0.15, -0.1) is 0 Å². The van der Waals surface area contributed by atoms with Gasteiger partial charge in [0.15, 0.2) is 0 Å². The molecule has 0 atom stereocenters. The third-order valence-corrected chi connectivity index (χ3v) is 3.23. The molecule has 1 N–H and O–H groups in total. The molecule has 0 aliphatic carbocycles. The fourth-order valence-corrected chi connectivity index (χ4v) is 2.23. The number of benzene rings is 1. The molecule has 1 heterocycles. The first-order valence-electron chi connectivity index (χ1n) is 5.66. The molecule has 1 saturated heterocycles. The molecule has 0 bridgehead atoms. The fourth-order valence-electron chi connectivity index (χ4n) is 2.23. The van der Waals surface area contributed by atoms with Crippen molar-refractivity contribution in [2.45, 2.75) is 18.8 Å². The maximum atomic E-state index is 10.9. The van der Waals surface area contributed by atoms with Crippen LogP contribution in [-0.2, 0) is 37.5 Å². The molecule has 1 fully saturated rings. The molecule has 1 aromatic rings. The Hall–Kier alpha value is -0.736. The van der Waals surface area contributed by atoms with E-state index in [0.29, 0.717) is 24.6 Å². The van der Waals surface area contributed by atoms with Crippen LogP contribution >= 0.6 is 0 Å². The number of carboxylic acid groups (broad SMARTS) is 1. The van der Waals surface area contributed by atoms with Crippen LogP contribution in [0.2, 0.25) is 0 Å². The van der Waals surface area contributed by atoms with Crippen LogP contribution in [0, 0.1) is 0 Å². The molecule has 0 spiro atoms. The van der Waals surface area contributed by atoms with Gasteiger partial charge in [-0.1, -0.05) is 12.1 Å². The maximum absolute atomic E-state index is 10.9. The van der Waals surface area contributed by atoms with E-state index in [1.54, 1.807) is 23.1 Å². The van der Waals surface area contributed by atoms with E-state index in [-0.39, 0.29) is 32.7 Å². The van der Waals surface area contributed by atoms with Crippen LogP contribution in [0.3, 0.4) is 0 Å². The number of amides is 1. The summed E-state index contributed by atoms with van der Waals surface area (Å²) in [6, 6.07) is 7.06. The number of hydrogen-bond acceptors (Lipinski definition) is 2. The molecular weight excluding hydrogens is 307 g/mol. The van der Waals surface area contributed by atoms with Crippen molar-refractivity contribution < 1.29 is 47.4 Å². The van der Waals surface area contributed by atoms with Gasteiger partial charge in [0.05, 0.1) is 5.56 Å². The Kier molecular flexibility index (Phi) is 5.96. The van der Waals surface area contributed by atoms with E-state index in [2.05, 4.69) is 0 Å². The van der Waals surface area contributed by atoms with Crippen molar-refractivity contribution in [3.8, 4) is 0 Å². The van der Waals surface area contributed by atoms with E-state index in [1.165, 1.54) is 0 Å². The molecule has 93 valence electrons. The average molecular weight is 321 g/mol. The zero-order chi connectivity index (χ0) is 12.3. The Morgan fingerprint density at radius 1 is 1.33 bits per heavy atom. The number of hydrogen-bond donors (Lipinski definition) is 1. The van der Waals surface area contributed by atoms with Crippen molar-refractivity contribution in [2.24, 2.45) is 0 Å². The van der Waals surface area contributed by atoms with E-state index in [0.717, 1.165) is 18.4 Å². The minimum Gasteiger partial charge on any atom is -0.520 e.